The summed E-state index contributed by atoms with van der Waals surface area (Å²) in [6, 6.07) is 6.36. The van der Waals surface area contributed by atoms with Crippen molar-refractivity contribution in [2.24, 2.45) is 0 Å². The van der Waals surface area contributed by atoms with Crippen LogP contribution in [-0.2, 0) is 4.79 Å². The molecule has 0 saturated heterocycles. The van der Waals surface area contributed by atoms with Crippen LogP contribution >= 0.6 is 0 Å². The fourth-order valence-electron chi connectivity index (χ4n) is 1.45. The zero-order valence-corrected chi connectivity index (χ0v) is 12.4. The Morgan fingerprint density at radius 2 is 1.57 bits per heavy atom. The third-order valence-electron chi connectivity index (χ3n) is 2.24. The molecule has 6 heteroatoms. The van der Waals surface area contributed by atoms with Gasteiger partial charge in [0, 0.05) is 12.8 Å². The lowest BCUT2D eigenvalue weighted by atomic mass is 10.1. The molecule has 1 aromatic carbocycles. The predicted octanol–water partition coefficient (Wildman–Crippen LogP) is 0.861. The highest BCUT2D eigenvalue weighted by Gasteiger charge is 2.08. The monoisotopic (exact) mass is 300 g/mol. The van der Waals surface area contributed by atoms with Crippen molar-refractivity contribution >= 4 is 5.78 Å². The highest BCUT2D eigenvalue weighted by Crippen LogP contribution is 2.15. The SMILES string of the molecule is CC(O)CC(=O)CC(C)O.OCCOc1ccc(O)cc1. The smallest absolute Gasteiger partial charge is 0.138 e. The first-order valence-corrected chi connectivity index (χ1v) is 6.75. The van der Waals surface area contributed by atoms with Gasteiger partial charge in [0.05, 0.1) is 18.8 Å². The lowest BCUT2D eigenvalue weighted by molar-refractivity contribution is -0.122. The van der Waals surface area contributed by atoms with E-state index >= 15 is 0 Å². The first-order valence-electron chi connectivity index (χ1n) is 6.75. The molecule has 1 aromatic rings. The van der Waals surface area contributed by atoms with Crippen molar-refractivity contribution in [2.75, 3.05) is 13.2 Å². The maximum absolute atomic E-state index is 10.7. The van der Waals surface area contributed by atoms with E-state index in [0.717, 1.165) is 0 Å². The van der Waals surface area contributed by atoms with Crippen molar-refractivity contribution in [3.8, 4) is 11.5 Å². The van der Waals surface area contributed by atoms with Crippen LogP contribution in [0.15, 0.2) is 24.3 Å². The van der Waals surface area contributed by atoms with Gasteiger partial charge >= 0.3 is 0 Å². The van der Waals surface area contributed by atoms with Crippen molar-refractivity contribution < 1.29 is 30.0 Å². The standard InChI is InChI=1S/C8H10O3.C7H14O3/c9-5-6-11-8-3-1-7(10)2-4-8;1-5(8)3-7(10)4-6(2)9/h1-4,9-10H,5-6H2;5-6,8-9H,3-4H2,1-2H3. The van der Waals surface area contributed by atoms with E-state index in [1.54, 1.807) is 26.0 Å². The minimum absolute atomic E-state index is 0.000869. The number of ketones is 1. The quantitative estimate of drug-likeness (QED) is 0.595. The molecule has 0 amide bonds. The molecule has 0 bridgehead atoms. The largest absolute Gasteiger partial charge is 0.508 e. The van der Waals surface area contributed by atoms with Gasteiger partial charge < -0.3 is 25.2 Å². The van der Waals surface area contributed by atoms with Crippen LogP contribution in [0.25, 0.3) is 0 Å². The fourth-order valence-corrected chi connectivity index (χ4v) is 1.45. The zero-order chi connectivity index (χ0) is 16.3. The molecule has 2 atom stereocenters. The molecule has 0 aliphatic carbocycles. The second-order valence-electron chi connectivity index (χ2n) is 4.71. The van der Waals surface area contributed by atoms with E-state index < -0.39 is 12.2 Å². The van der Waals surface area contributed by atoms with Crippen molar-refractivity contribution in [3.05, 3.63) is 24.3 Å². The highest BCUT2D eigenvalue weighted by molar-refractivity contribution is 5.79. The van der Waals surface area contributed by atoms with Crippen LogP contribution in [0.5, 0.6) is 11.5 Å². The minimum atomic E-state index is -0.591. The number of aliphatic hydroxyl groups is 3. The average molecular weight is 300 g/mol. The van der Waals surface area contributed by atoms with Crippen LogP contribution in [0.1, 0.15) is 26.7 Å². The Morgan fingerprint density at radius 3 is 1.95 bits per heavy atom. The van der Waals surface area contributed by atoms with Gasteiger partial charge in [-0.2, -0.15) is 0 Å². The summed E-state index contributed by atoms with van der Waals surface area (Å²) in [6.07, 6.45) is -0.895. The molecular weight excluding hydrogens is 276 g/mol. The van der Waals surface area contributed by atoms with Crippen molar-refractivity contribution in [1.29, 1.82) is 0 Å². The van der Waals surface area contributed by atoms with Gasteiger partial charge in [-0.1, -0.05) is 0 Å². The van der Waals surface area contributed by atoms with Crippen LogP contribution < -0.4 is 4.74 Å². The number of aromatic hydroxyl groups is 1. The second-order valence-corrected chi connectivity index (χ2v) is 4.71. The summed E-state index contributed by atoms with van der Waals surface area (Å²) in [4.78, 5) is 10.7. The van der Waals surface area contributed by atoms with E-state index in [2.05, 4.69) is 0 Å². The summed E-state index contributed by atoms with van der Waals surface area (Å²) in [7, 11) is 0. The molecule has 0 fully saturated rings. The topological polar surface area (TPSA) is 107 Å². The number of hydrogen-bond donors (Lipinski definition) is 4. The molecule has 21 heavy (non-hydrogen) atoms. The van der Waals surface area contributed by atoms with E-state index in [-0.39, 0.29) is 37.6 Å². The fraction of sp³-hybridized carbons (Fsp3) is 0.533. The Kier molecular flexibility index (Phi) is 10.2. The highest BCUT2D eigenvalue weighted by atomic mass is 16.5. The second kappa shape index (κ2) is 11.1. The molecule has 0 aromatic heterocycles. The summed E-state index contributed by atoms with van der Waals surface area (Å²) in [5.41, 5.74) is 0. The molecule has 0 aliphatic rings. The van der Waals surface area contributed by atoms with E-state index in [0.29, 0.717) is 5.75 Å². The number of carbonyl (C=O) groups excluding carboxylic acids is 1. The van der Waals surface area contributed by atoms with Crippen LogP contribution in [0.3, 0.4) is 0 Å². The van der Waals surface area contributed by atoms with E-state index in [1.807, 2.05) is 0 Å². The molecule has 0 radical (unpaired) electrons. The average Bonchev–Trinajstić information content (AvgIpc) is 2.37. The number of ether oxygens (including phenoxy) is 1. The normalized spacial score (nSPS) is 12.8. The van der Waals surface area contributed by atoms with Gasteiger partial charge in [-0.15, -0.1) is 0 Å². The summed E-state index contributed by atoms with van der Waals surface area (Å²) < 4.78 is 5.05. The number of rotatable bonds is 7. The van der Waals surface area contributed by atoms with Gasteiger partial charge in [-0.05, 0) is 38.1 Å². The predicted molar refractivity (Wildman–Crippen MR) is 78.3 cm³/mol. The Hall–Kier alpha value is -1.63. The third-order valence-corrected chi connectivity index (χ3v) is 2.24. The molecule has 0 heterocycles. The number of Topliss-reactive ketones (excluding diaryl/α,β-unsaturated/α-hetero) is 1. The Morgan fingerprint density at radius 1 is 1.10 bits per heavy atom. The number of benzene rings is 1. The lowest BCUT2D eigenvalue weighted by Gasteiger charge is -2.04. The molecule has 2 unspecified atom stereocenters. The maximum Gasteiger partial charge on any atom is 0.138 e. The summed E-state index contributed by atoms with van der Waals surface area (Å²) in [5.74, 6) is 0.767. The van der Waals surface area contributed by atoms with E-state index in [4.69, 9.17) is 25.2 Å². The molecule has 1 rings (SSSR count). The molecular formula is C15H24O6. The molecule has 120 valence electrons. The van der Waals surface area contributed by atoms with Gasteiger partial charge in [0.25, 0.3) is 0 Å². The molecule has 0 saturated carbocycles. The van der Waals surface area contributed by atoms with Gasteiger partial charge in [-0.25, -0.2) is 0 Å². The first kappa shape index (κ1) is 19.4. The number of hydrogen-bond acceptors (Lipinski definition) is 6. The number of aliphatic hydroxyl groups excluding tert-OH is 3. The van der Waals surface area contributed by atoms with Gasteiger partial charge in [0.15, 0.2) is 0 Å². The Balaban J connectivity index is 0.000000384. The van der Waals surface area contributed by atoms with E-state index in [9.17, 15) is 4.79 Å². The molecule has 6 nitrogen and oxygen atoms in total. The van der Waals surface area contributed by atoms with Crippen LogP contribution in [0, 0.1) is 0 Å². The van der Waals surface area contributed by atoms with Crippen LogP contribution in [0.2, 0.25) is 0 Å². The number of carbonyl (C=O) groups is 1. The zero-order valence-electron chi connectivity index (χ0n) is 12.4. The first-order chi connectivity index (χ1) is 9.85. The molecule has 4 N–H and O–H groups in total. The van der Waals surface area contributed by atoms with Crippen molar-refractivity contribution in [1.82, 2.24) is 0 Å². The lowest BCUT2D eigenvalue weighted by Crippen LogP contribution is -2.14. The summed E-state index contributed by atoms with van der Waals surface area (Å²) >= 11 is 0. The Labute approximate surface area is 124 Å². The van der Waals surface area contributed by atoms with Gasteiger partial charge in [0.2, 0.25) is 0 Å². The summed E-state index contributed by atoms with van der Waals surface area (Å²) in [5, 5.41) is 34.8. The Bertz CT molecular complexity index is 374. The van der Waals surface area contributed by atoms with Crippen molar-refractivity contribution in [3.63, 3.8) is 0 Å². The maximum atomic E-state index is 10.7. The number of phenols is 1. The van der Waals surface area contributed by atoms with Crippen LogP contribution in [0.4, 0.5) is 0 Å². The molecule has 0 spiro atoms. The molecule has 0 aliphatic heterocycles. The van der Waals surface area contributed by atoms with Gasteiger partial charge in [-0.3, -0.25) is 4.79 Å². The minimum Gasteiger partial charge on any atom is -0.508 e. The third kappa shape index (κ3) is 11.9. The van der Waals surface area contributed by atoms with Gasteiger partial charge in [0.1, 0.15) is 23.9 Å². The van der Waals surface area contributed by atoms with Crippen molar-refractivity contribution in [2.45, 2.75) is 38.9 Å². The number of phenolic OH excluding ortho intramolecular Hbond substituents is 1. The van der Waals surface area contributed by atoms with E-state index in [1.165, 1.54) is 12.1 Å². The van der Waals surface area contributed by atoms with Crippen LogP contribution in [-0.4, -0.2) is 51.6 Å². The summed E-state index contributed by atoms with van der Waals surface area (Å²) in [6.45, 7) is 3.39.